The first-order valence-electron chi connectivity index (χ1n) is 3.98. The number of hydrogen-bond acceptors (Lipinski definition) is 4. The van der Waals surface area contributed by atoms with Crippen molar-refractivity contribution in [1.82, 2.24) is 10.1 Å². The summed E-state index contributed by atoms with van der Waals surface area (Å²) in [6, 6.07) is 2.39. The molecule has 0 fully saturated rings. The van der Waals surface area contributed by atoms with Gasteiger partial charge < -0.3 is 9.63 Å². The monoisotopic (exact) mass is 208 g/mol. The number of carboxylic acids is 1. The maximum absolute atomic E-state index is 12.8. The molecule has 0 unspecified atom stereocenters. The highest BCUT2D eigenvalue weighted by Crippen LogP contribution is 2.19. The van der Waals surface area contributed by atoms with Gasteiger partial charge in [-0.05, 0) is 6.07 Å². The van der Waals surface area contributed by atoms with E-state index in [9.17, 15) is 9.18 Å². The molecule has 0 saturated carbocycles. The van der Waals surface area contributed by atoms with Crippen LogP contribution in [-0.4, -0.2) is 21.2 Å². The Balaban J connectivity index is 2.41. The van der Waals surface area contributed by atoms with Crippen LogP contribution < -0.4 is 0 Å². The second-order valence-corrected chi connectivity index (χ2v) is 2.77. The zero-order chi connectivity index (χ0) is 10.8. The van der Waals surface area contributed by atoms with Crippen molar-refractivity contribution in [3.05, 3.63) is 36.0 Å². The number of hydrogen-bond donors (Lipinski definition) is 1. The molecule has 0 radical (unpaired) electrons. The summed E-state index contributed by atoms with van der Waals surface area (Å²) >= 11 is 0. The molecule has 5 nitrogen and oxygen atoms in total. The summed E-state index contributed by atoms with van der Waals surface area (Å²) in [5.41, 5.74) is 0.115. The van der Waals surface area contributed by atoms with Gasteiger partial charge in [0, 0.05) is 17.8 Å². The van der Waals surface area contributed by atoms with Crippen molar-refractivity contribution in [1.29, 1.82) is 0 Å². The Kier molecular flexibility index (Phi) is 2.17. The number of carboxylic acid groups (broad SMARTS) is 1. The van der Waals surface area contributed by atoms with Crippen molar-refractivity contribution >= 4 is 5.97 Å². The average Bonchev–Trinajstić information content (AvgIpc) is 2.66. The summed E-state index contributed by atoms with van der Waals surface area (Å²) in [7, 11) is 0. The Hall–Kier alpha value is -2.24. The lowest BCUT2D eigenvalue weighted by molar-refractivity contribution is 0.0686. The van der Waals surface area contributed by atoms with E-state index in [-0.39, 0.29) is 11.5 Å². The highest BCUT2D eigenvalue weighted by Gasteiger charge is 2.12. The summed E-state index contributed by atoms with van der Waals surface area (Å²) in [5.74, 6) is -1.56. The molecule has 0 aliphatic carbocycles. The third-order valence-corrected chi connectivity index (χ3v) is 1.72. The molecule has 2 rings (SSSR count). The van der Waals surface area contributed by atoms with Crippen molar-refractivity contribution in [2.45, 2.75) is 0 Å². The molecule has 2 heterocycles. The van der Waals surface area contributed by atoms with Gasteiger partial charge in [-0.1, -0.05) is 5.16 Å². The van der Waals surface area contributed by atoms with Gasteiger partial charge in [0.2, 0.25) is 0 Å². The van der Waals surface area contributed by atoms with Crippen molar-refractivity contribution < 1.29 is 18.8 Å². The van der Waals surface area contributed by atoms with Gasteiger partial charge in [0.15, 0.2) is 11.5 Å². The fourth-order valence-corrected chi connectivity index (χ4v) is 1.06. The molecular weight excluding hydrogens is 203 g/mol. The van der Waals surface area contributed by atoms with Gasteiger partial charge in [0.05, 0.1) is 6.20 Å². The minimum atomic E-state index is -1.20. The van der Waals surface area contributed by atoms with Crippen LogP contribution in [0.4, 0.5) is 4.39 Å². The lowest BCUT2D eigenvalue weighted by atomic mass is 10.2. The molecule has 0 atom stereocenters. The van der Waals surface area contributed by atoms with Crippen LogP contribution in [0.15, 0.2) is 29.0 Å². The number of aromatic carboxylic acids is 1. The maximum Gasteiger partial charge on any atom is 0.358 e. The van der Waals surface area contributed by atoms with Crippen LogP contribution in [0.2, 0.25) is 0 Å². The van der Waals surface area contributed by atoms with E-state index >= 15 is 0 Å². The number of carbonyl (C=O) groups is 1. The molecule has 2 aromatic rings. The van der Waals surface area contributed by atoms with Crippen molar-refractivity contribution in [3.63, 3.8) is 0 Å². The molecule has 6 heteroatoms. The van der Waals surface area contributed by atoms with Gasteiger partial charge in [0.25, 0.3) is 0 Å². The molecule has 1 N–H and O–H groups in total. The van der Waals surface area contributed by atoms with Crippen LogP contribution in [0, 0.1) is 5.82 Å². The van der Waals surface area contributed by atoms with E-state index in [1.54, 1.807) is 0 Å². The van der Waals surface area contributed by atoms with Crippen LogP contribution >= 0.6 is 0 Å². The molecule has 0 aliphatic heterocycles. The molecule has 0 saturated heterocycles. The Morgan fingerprint density at radius 1 is 1.40 bits per heavy atom. The smallest absolute Gasteiger partial charge is 0.358 e. The fraction of sp³-hybridized carbons (Fsp3) is 0. The third-order valence-electron chi connectivity index (χ3n) is 1.72. The van der Waals surface area contributed by atoms with Gasteiger partial charge in [-0.2, -0.15) is 0 Å². The van der Waals surface area contributed by atoms with Crippen LogP contribution in [0.5, 0.6) is 0 Å². The van der Waals surface area contributed by atoms with Crippen molar-refractivity contribution in [2.75, 3.05) is 0 Å². The molecular formula is C9H5FN2O3. The summed E-state index contributed by atoms with van der Waals surface area (Å²) in [4.78, 5) is 14.1. The van der Waals surface area contributed by atoms with E-state index in [4.69, 9.17) is 9.63 Å². The predicted octanol–water partition coefficient (Wildman–Crippen LogP) is 1.57. The van der Waals surface area contributed by atoms with Crippen molar-refractivity contribution in [2.24, 2.45) is 0 Å². The number of pyridine rings is 1. The second-order valence-electron chi connectivity index (χ2n) is 2.77. The van der Waals surface area contributed by atoms with Gasteiger partial charge in [-0.25, -0.2) is 9.18 Å². The first kappa shape index (κ1) is 9.32. The molecule has 2 aromatic heterocycles. The maximum atomic E-state index is 12.8. The van der Waals surface area contributed by atoms with Crippen LogP contribution in [-0.2, 0) is 0 Å². The number of rotatable bonds is 2. The highest BCUT2D eigenvalue weighted by atomic mass is 19.1. The van der Waals surface area contributed by atoms with E-state index in [0.717, 1.165) is 6.20 Å². The SMILES string of the molecule is O=C(O)c1cc(-c2cncc(F)c2)on1. The Morgan fingerprint density at radius 3 is 2.80 bits per heavy atom. The van der Waals surface area contributed by atoms with Crippen LogP contribution in [0.1, 0.15) is 10.5 Å². The standard InChI is InChI=1S/C9H5FN2O3/c10-6-1-5(3-11-4-6)8-2-7(9(13)14)12-15-8/h1-4H,(H,13,14). The van der Waals surface area contributed by atoms with E-state index in [1.807, 2.05) is 0 Å². The zero-order valence-corrected chi connectivity index (χ0v) is 7.35. The van der Waals surface area contributed by atoms with Crippen molar-refractivity contribution in [3.8, 4) is 11.3 Å². The molecule has 76 valence electrons. The quantitative estimate of drug-likeness (QED) is 0.810. The Bertz CT molecular complexity index is 510. The molecule has 0 spiro atoms. The normalized spacial score (nSPS) is 10.2. The highest BCUT2D eigenvalue weighted by molar-refractivity contribution is 5.86. The predicted molar refractivity (Wildman–Crippen MR) is 46.7 cm³/mol. The van der Waals surface area contributed by atoms with Crippen LogP contribution in [0.25, 0.3) is 11.3 Å². The molecule has 0 aromatic carbocycles. The Labute approximate surface area is 83.2 Å². The van der Waals surface area contributed by atoms with E-state index in [1.165, 1.54) is 18.3 Å². The average molecular weight is 208 g/mol. The first-order valence-corrected chi connectivity index (χ1v) is 3.98. The lowest BCUT2D eigenvalue weighted by Crippen LogP contribution is -1.94. The molecule has 0 bridgehead atoms. The largest absolute Gasteiger partial charge is 0.476 e. The van der Waals surface area contributed by atoms with Gasteiger partial charge >= 0.3 is 5.97 Å². The van der Waals surface area contributed by atoms with E-state index in [0.29, 0.717) is 5.56 Å². The molecule has 0 aliphatic rings. The van der Waals surface area contributed by atoms with E-state index in [2.05, 4.69) is 10.1 Å². The number of halogens is 1. The minimum Gasteiger partial charge on any atom is -0.476 e. The number of aromatic nitrogens is 2. The Morgan fingerprint density at radius 2 is 2.20 bits per heavy atom. The van der Waals surface area contributed by atoms with Gasteiger partial charge in [0.1, 0.15) is 5.82 Å². The molecule has 0 amide bonds. The minimum absolute atomic E-state index is 0.166. The topological polar surface area (TPSA) is 76.2 Å². The summed E-state index contributed by atoms with van der Waals surface area (Å²) in [5, 5.41) is 11.9. The van der Waals surface area contributed by atoms with Gasteiger partial charge in [-0.3, -0.25) is 4.98 Å². The number of nitrogens with zero attached hydrogens (tertiary/aromatic N) is 2. The third kappa shape index (κ3) is 1.83. The first-order chi connectivity index (χ1) is 7.16. The van der Waals surface area contributed by atoms with Crippen LogP contribution in [0.3, 0.4) is 0 Å². The second kappa shape index (κ2) is 3.49. The summed E-state index contributed by atoms with van der Waals surface area (Å²) in [6.07, 6.45) is 2.40. The zero-order valence-electron chi connectivity index (χ0n) is 7.35. The molecule has 15 heavy (non-hydrogen) atoms. The van der Waals surface area contributed by atoms with Gasteiger partial charge in [-0.15, -0.1) is 0 Å². The summed E-state index contributed by atoms with van der Waals surface area (Å²) < 4.78 is 17.5. The summed E-state index contributed by atoms with van der Waals surface area (Å²) in [6.45, 7) is 0. The fourth-order valence-electron chi connectivity index (χ4n) is 1.06. The van der Waals surface area contributed by atoms with E-state index < -0.39 is 11.8 Å². The lowest BCUT2D eigenvalue weighted by Gasteiger charge is -1.92.